The van der Waals surface area contributed by atoms with Gasteiger partial charge in [0.15, 0.2) is 0 Å². The number of hydrogen-bond donors (Lipinski definition) is 1. The van der Waals surface area contributed by atoms with Crippen molar-refractivity contribution in [2.75, 3.05) is 6.54 Å². The van der Waals surface area contributed by atoms with Gasteiger partial charge >= 0.3 is 6.61 Å². The smallest absolute Gasteiger partial charge is 0.387 e. The van der Waals surface area contributed by atoms with Gasteiger partial charge in [-0.25, -0.2) is 0 Å². The number of carbonyl (C=O) groups is 2. The van der Waals surface area contributed by atoms with Crippen molar-refractivity contribution in [3.63, 3.8) is 0 Å². The van der Waals surface area contributed by atoms with Crippen LogP contribution < -0.4 is 10.1 Å². The van der Waals surface area contributed by atoms with Crippen LogP contribution >= 0.6 is 0 Å². The fourth-order valence-corrected chi connectivity index (χ4v) is 3.34. The molecule has 2 unspecified atom stereocenters. The third-order valence-electron chi connectivity index (χ3n) is 4.88. The predicted molar refractivity (Wildman–Crippen MR) is 93.8 cm³/mol. The summed E-state index contributed by atoms with van der Waals surface area (Å²) in [6.07, 6.45) is 1.98. The van der Waals surface area contributed by atoms with Gasteiger partial charge in [-0.3, -0.25) is 9.59 Å². The lowest BCUT2D eigenvalue weighted by molar-refractivity contribution is -0.130. The minimum Gasteiger partial charge on any atom is -0.435 e. The minimum atomic E-state index is -2.86. The number of alkyl halides is 2. The van der Waals surface area contributed by atoms with Crippen molar-refractivity contribution < 1.29 is 23.1 Å². The van der Waals surface area contributed by atoms with E-state index in [2.05, 4.69) is 10.1 Å². The zero-order chi connectivity index (χ0) is 19.3. The maximum atomic E-state index is 12.5. The maximum Gasteiger partial charge on any atom is 0.387 e. The molecule has 7 heteroatoms. The SMILES string of the molecule is CCC(CC)N1CC(C(=O)NC(C)c2ccc(OC(F)F)cc2)CC1=O. The number of likely N-dealkylation sites (tertiary alicyclic amines) is 1. The van der Waals surface area contributed by atoms with Crippen LogP contribution in [-0.2, 0) is 9.59 Å². The lowest BCUT2D eigenvalue weighted by Crippen LogP contribution is -2.38. The Kier molecular flexibility index (Phi) is 6.94. The quantitative estimate of drug-likeness (QED) is 0.764. The molecule has 1 aromatic rings. The number of rotatable bonds is 8. The van der Waals surface area contributed by atoms with Crippen LogP contribution in [0.1, 0.15) is 51.6 Å². The molecule has 0 spiro atoms. The highest BCUT2D eigenvalue weighted by Crippen LogP contribution is 2.25. The number of nitrogens with one attached hydrogen (secondary N) is 1. The molecule has 1 fully saturated rings. The number of hydrogen-bond acceptors (Lipinski definition) is 3. The summed E-state index contributed by atoms with van der Waals surface area (Å²) in [6, 6.07) is 6.05. The van der Waals surface area contributed by atoms with Crippen molar-refractivity contribution in [2.24, 2.45) is 5.92 Å². The molecule has 2 atom stereocenters. The van der Waals surface area contributed by atoms with E-state index in [0.29, 0.717) is 6.54 Å². The molecule has 1 saturated heterocycles. The Labute approximate surface area is 152 Å². The van der Waals surface area contributed by atoms with E-state index in [0.717, 1.165) is 18.4 Å². The third-order valence-corrected chi connectivity index (χ3v) is 4.88. The Morgan fingerprint density at radius 3 is 2.42 bits per heavy atom. The lowest BCUT2D eigenvalue weighted by Gasteiger charge is -2.26. The Balaban J connectivity index is 1.94. The maximum absolute atomic E-state index is 12.5. The summed E-state index contributed by atoms with van der Waals surface area (Å²) >= 11 is 0. The molecule has 26 heavy (non-hydrogen) atoms. The van der Waals surface area contributed by atoms with Gasteiger partial charge in [-0.05, 0) is 37.5 Å². The number of nitrogens with zero attached hydrogens (tertiary/aromatic N) is 1. The molecule has 2 rings (SSSR count). The third kappa shape index (κ3) is 4.93. The minimum absolute atomic E-state index is 0.0278. The largest absolute Gasteiger partial charge is 0.435 e. The number of benzene rings is 1. The van der Waals surface area contributed by atoms with Gasteiger partial charge < -0.3 is 15.0 Å². The van der Waals surface area contributed by atoms with Crippen LogP contribution in [0.2, 0.25) is 0 Å². The molecule has 1 heterocycles. The Morgan fingerprint density at radius 2 is 1.88 bits per heavy atom. The zero-order valence-corrected chi connectivity index (χ0v) is 15.4. The highest BCUT2D eigenvalue weighted by atomic mass is 19.3. The first-order valence-corrected chi connectivity index (χ1v) is 9.00. The summed E-state index contributed by atoms with van der Waals surface area (Å²) in [5, 5.41) is 2.91. The van der Waals surface area contributed by atoms with Crippen molar-refractivity contribution in [3.8, 4) is 5.75 Å². The second kappa shape index (κ2) is 8.96. The van der Waals surface area contributed by atoms with E-state index in [1.807, 2.05) is 25.7 Å². The van der Waals surface area contributed by atoms with E-state index in [1.54, 1.807) is 12.1 Å². The normalized spacial score (nSPS) is 18.5. The van der Waals surface area contributed by atoms with Gasteiger partial charge in [0.1, 0.15) is 5.75 Å². The van der Waals surface area contributed by atoms with E-state index in [-0.39, 0.29) is 42.0 Å². The van der Waals surface area contributed by atoms with Crippen molar-refractivity contribution in [2.45, 2.75) is 58.7 Å². The monoisotopic (exact) mass is 368 g/mol. The Morgan fingerprint density at radius 1 is 1.27 bits per heavy atom. The van der Waals surface area contributed by atoms with Gasteiger partial charge in [0.25, 0.3) is 0 Å². The average Bonchev–Trinajstić information content (AvgIpc) is 2.98. The second-order valence-corrected chi connectivity index (χ2v) is 6.60. The Bertz CT molecular complexity index is 618. The van der Waals surface area contributed by atoms with Crippen LogP contribution in [0.5, 0.6) is 5.75 Å². The standard InChI is InChI=1S/C19H26F2N2O3/c1-4-15(5-2)23-11-14(10-17(23)24)18(25)22-12(3)13-6-8-16(9-7-13)26-19(20)21/h6-9,12,14-15,19H,4-5,10-11H2,1-3H3,(H,22,25). The Hall–Kier alpha value is -2.18. The van der Waals surface area contributed by atoms with Gasteiger partial charge in [-0.1, -0.05) is 26.0 Å². The van der Waals surface area contributed by atoms with Gasteiger partial charge in [0.2, 0.25) is 11.8 Å². The fourth-order valence-electron chi connectivity index (χ4n) is 3.34. The molecule has 1 aromatic carbocycles. The van der Waals surface area contributed by atoms with Crippen LogP contribution in [0.3, 0.4) is 0 Å². The number of ether oxygens (including phenoxy) is 1. The van der Waals surface area contributed by atoms with E-state index < -0.39 is 6.61 Å². The molecule has 1 aliphatic rings. The lowest BCUT2D eigenvalue weighted by atomic mass is 10.0. The molecule has 0 saturated carbocycles. The summed E-state index contributed by atoms with van der Waals surface area (Å²) < 4.78 is 28.7. The van der Waals surface area contributed by atoms with E-state index in [1.165, 1.54) is 12.1 Å². The summed E-state index contributed by atoms with van der Waals surface area (Å²) in [5.74, 6) is -0.413. The molecule has 0 aromatic heterocycles. The van der Waals surface area contributed by atoms with Gasteiger partial charge in [0, 0.05) is 19.0 Å². The predicted octanol–water partition coefficient (Wildman–Crippen LogP) is 3.50. The molecule has 1 N–H and O–H groups in total. The van der Waals surface area contributed by atoms with Crippen LogP contribution in [0.15, 0.2) is 24.3 Å². The number of halogens is 2. The van der Waals surface area contributed by atoms with Gasteiger partial charge in [0.05, 0.1) is 12.0 Å². The first kappa shape index (κ1) is 20.1. The van der Waals surface area contributed by atoms with Crippen molar-refractivity contribution in [1.82, 2.24) is 10.2 Å². The van der Waals surface area contributed by atoms with Crippen LogP contribution in [0, 0.1) is 5.92 Å². The molecule has 5 nitrogen and oxygen atoms in total. The van der Waals surface area contributed by atoms with Crippen molar-refractivity contribution in [1.29, 1.82) is 0 Å². The van der Waals surface area contributed by atoms with Crippen molar-refractivity contribution >= 4 is 11.8 Å². The number of carbonyl (C=O) groups excluding carboxylic acids is 2. The van der Waals surface area contributed by atoms with E-state index in [4.69, 9.17) is 0 Å². The van der Waals surface area contributed by atoms with Crippen LogP contribution in [-0.4, -0.2) is 35.9 Å². The molecule has 2 amide bonds. The summed E-state index contributed by atoms with van der Waals surface area (Å²) in [7, 11) is 0. The number of amides is 2. The van der Waals surface area contributed by atoms with Gasteiger partial charge in [-0.15, -0.1) is 0 Å². The molecule has 0 aliphatic carbocycles. The molecular formula is C19H26F2N2O3. The average molecular weight is 368 g/mol. The second-order valence-electron chi connectivity index (χ2n) is 6.60. The fraction of sp³-hybridized carbons (Fsp3) is 0.579. The molecule has 1 aliphatic heterocycles. The first-order chi connectivity index (χ1) is 12.3. The van der Waals surface area contributed by atoms with Crippen LogP contribution in [0.4, 0.5) is 8.78 Å². The first-order valence-electron chi connectivity index (χ1n) is 9.00. The summed E-state index contributed by atoms with van der Waals surface area (Å²) in [4.78, 5) is 26.5. The van der Waals surface area contributed by atoms with E-state index in [9.17, 15) is 18.4 Å². The zero-order valence-electron chi connectivity index (χ0n) is 15.4. The van der Waals surface area contributed by atoms with Crippen molar-refractivity contribution in [3.05, 3.63) is 29.8 Å². The molecule has 144 valence electrons. The van der Waals surface area contributed by atoms with Gasteiger partial charge in [-0.2, -0.15) is 8.78 Å². The molecule has 0 radical (unpaired) electrons. The highest BCUT2D eigenvalue weighted by molar-refractivity contribution is 5.89. The van der Waals surface area contributed by atoms with E-state index >= 15 is 0 Å². The highest BCUT2D eigenvalue weighted by Gasteiger charge is 2.37. The summed E-state index contributed by atoms with van der Waals surface area (Å²) in [6.45, 7) is 3.48. The topological polar surface area (TPSA) is 58.6 Å². The van der Waals surface area contributed by atoms with Crippen LogP contribution in [0.25, 0.3) is 0 Å². The summed E-state index contributed by atoms with van der Waals surface area (Å²) in [5.41, 5.74) is 0.779. The molecule has 0 bridgehead atoms. The molecular weight excluding hydrogens is 342 g/mol.